The Morgan fingerprint density at radius 1 is 0.850 bits per heavy atom. The summed E-state index contributed by atoms with van der Waals surface area (Å²) < 4.78 is 66.1. The fraction of sp³-hybridized carbons (Fsp3) is 0.0769. The number of nitrogens with one attached hydrogen (secondary N) is 1. The van der Waals surface area contributed by atoms with Crippen LogP contribution in [0.15, 0.2) is 24.3 Å². The van der Waals surface area contributed by atoms with E-state index in [0.717, 1.165) is 6.07 Å². The molecule has 0 saturated heterocycles. The molecule has 2 rings (SSSR count). The van der Waals surface area contributed by atoms with E-state index in [1.807, 2.05) is 0 Å². The van der Waals surface area contributed by atoms with Gasteiger partial charge in [-0.1, -0.05) is 17.7 Å². The van der Waals surface area contributed by atoms with Crippen molar-refractivity contribution in [2.75, 3.05) is 5.32 Å². The fourth-order valence-electron chi connectivity index (χ4n) is 1.58. The van der Waals surface area contributed by atoms with Gasteiger partial charge in [-0.2, -0.15) is 0 Å². The third kappa shape index (κ3) is 2.85. The van der Waals surface area contributed by atoms with Crippen LogP contribution in [0.4, 0.5) is 27.6 Å². The highest BCUT2D eigenvalue weighted by Gasteiger charge is 2.19. The smallest absolute Gasteiger partial charge is 0.185 e. The second-order valence-corrected chi connectivity index (χ2v) is 4.37. The highest BCUT2D eigenvalue weighted by atomic mass is 35.5. The van der Waals surface area contributed by atoms with Gasteiger partial charge in [-0.25, -0.2) is 22.0 Å². The molecule has 0 fully saturated rings. The highest BCUT2D eigenvalue weighted by molar-refractivity contribution is 6.30. The normalized spacial score (nSPS) is 10.7. The molecule has 0 atom stereocenters. The minimum absolute atomic E-state index is 0.0397. The van der Waals surface area contributed by atoms with Crippen molar-refractivity contribution in [3.05, 3.63) is 63.9 Å². The van der Waals surface area contributed by atoms with Crippen LogP contribution in [0.1, 0.15) is 5.56 Å². The van der Waals surface area contributed by atoms with Gasteiger partial charge in [0.1, 0.15) is 11.5 Å². The van der Waals surface area contributed by atoms with Crippen LogP contribution in [-0.2, 0) is 6.54 Å². The van der Waals surface area contributed by atoms with Crippen molar-refractivity contribution in [3.63, 3.8) is 0 Å². The number of anilines is 1. The van der Waals surface area contributed by atoms with Crippen molar-refractivity contribution in [1.82, 2.24) is 0 Å². The summed E-state index contributed by atoms with van der Waals surface area (Å²) in [6.07, 6.45) is 0. The van der Waals surface area contributed by atoms with E-state index >= 15 is 0 Å². The van der Waals surface area contributed by atoms with Crippen LogP contribution in [0.25, 0.3) is 0 Å². The van der Waals surface area contributed by atoms with Crippen LogP contribution in [0.5, 0.6) is 0 Å². The first-order valence-electron chi connectivity index (χ1n) is 5.41. The summed E-state index contributed by atoms with van der Waals surface area (Å²) in [5.74, 6) is -6.93. The summed E-state index contributed by atoms with van der Waals surface area (Å²) in [4.78, 5) is 0. The lowest BCUT2D eigenvalue weighted by molar-refractivity contribution is 0.458. The summed E-state index contributed by atoms with van der Waals surface area (Å²) in [6.45, 7) is -0.361. The average Bonchev–Trinajstić information content (AvgIpc) is 2.38. The zero-order chi connectivity index (χ0) is 14.9. The molecule has 1 N–H and O–H groups in total. The Labute approximate surface area is 116 Å². The molecule has 0 saturated carbocycles. The first-order valence-corrected chi connectivity index (χ1v) is 5.78. The SMILES string of the molecule is Fc1cc(Cl)ccc1CNc1c(F)c(F)cc(F)c1F. The Balaban J connectivity index is 2.27. The number of benzene rings is 2. The summed E-state index contributed by atoms with van der Waals surface area (Å²) in [6, 6.07) is 3.77. The largest absolute Gasteiger partial charge is 0.376 e. The molecule has 1 nitrogen and oxygen atoms in total. The number of hydrogen-bond acceptors (Lipinski definition) is 1. The minimum Gasteiger partial charge on any atom is -0.376 e. The zero-order valence-electron chi connectivity index (χ0n) is 9.78. The second kappa shape index (κ2) is 5.66. The molecular weight excluding hydrogens is 301 g/mol. The van der Waals surface area contributed by atoms with Crippen LogP contribution in [0, 0.1) is 29.1 Å². The quantitative estimate of drug-likeness (QED) is 0.643. The molecule has 7 heteroatoms. The molecule has 0 bridgehead atoms. The van der Waals surface area contributed by atoms with Gasteiger partial charge in [-0.05, 0) is 12.1 Å². The first kappa shape index (κ1) is 14.6. The summed E-state index contributed by atoms with van der Waals surface area (Å²) in [5.41, 5.74) is -0.949. The van der Waals surface area contributed by atoms with E-state index in [2.05, 4.69) is 5.32 Å². The van der Waals surface area contributed by atoms with E-state index in [0.29, 0.717) is 0 Å². The van der Waals surface area contributed by atoms with Crippen molar-refractivity contribution in [3.8, 4) is 0 Å². The Bertz CT molecular complexity index is 633. The summed E-state index contributed by atoms with van der Waals surface area (Å²) in [7, 11) is 0. The van der Waals surface area contributed by atoms with Crippen LogP contribution in [0.3, 0.4) is 0 Å². The Hall–Kier alpha value is -1.82. The molecule has 0 radical (unpaired) electrons. The van der Waals surface area contributed by atoms with Crippen molar-refractivity contribution >= 4 is 17.3 Å². The van der Waals surface area contributed by atoms with E-state index in [4.69, 9.17) is 11.6 Å². The fourth-order valence-corrected chi connectivity index (χ4v) is 1.74. The van der Waals surface area contributed by atoms with Gasteiger partial charge in [0.15, 0.2) is 23.3 Å². The summed E-state index contributed by atoms with van der Waals surface area (Å²) >= 11 is 5.55. The molecule has 0 aliphatic rings. The molecule has 0 aromatic heterocycles. The second-order valence-electron chi connectivity index (χ2n) is 3.93. The third-order valence-corrected chi connectivity index (χ3v) is 2.82. The highest BCUT2D eigenvalue weighted by Crippen LogP contribution is 2.25. The molecule has 0 aliphatic carbocycles. The first-order chi connectivity index (χ1) is 9.40. The predicted molar refractivity (Wildman–Crippen MR) is 65.0 cm³/mol. The maximum absolute atomic E-state index is 13.5. The molecular formula is C13H7ClF5N. The summed E-state index contributed by atoms with van der Waals surface area (Å²) in [5, 5.41) is 2.28. The van der Waals surface area contributed by atoms with E-state index in [9.17, 15) is 22.0 Å². The van der Waals surface area contributed by atoms with Crippen molar-refractivity contribution in [1.29, 1.82) is 0 Å². The monoisotopic (exact) mass is 307 g/mol. The molecule has 0 aliphatic heterocycles. The van der Waals surface area contributed by atoms with E-state index in [1.165, 1.54) is 12.1 Å². The van der Waals surface area contributed by atoms with Gasteiger partial charge < -0.3 is 5.32 Å². The third-order valence-electron chi connectivity index (χ3n) is 2.58. The Morgan fingerprint density at radius 3 is 2.00 bits per heavy atom. The lowest BCUT2D eigenvalue weighted by Gasteiger charge is -2.10. The molecule has 2 aromatic rings. The van der Waals surface area contributed by atoms with Crippen LogP contribution >= 0.6 is 11.6 Å². The van der Waals surface area contributed by atoms with Crippen LogP contribution < -0.4 is 5.32 Å². The Morgan fingerprint density at radius 2 is 1.45 bits per heavy atom. The molecule has 106 valence electrons. The lowest BCUT2D eigenvalue weighted by Crippen LogP contribution is -2.08. The Kier molecular flexibility index (Phi) is 4.13. The van der Waals surface area contributed by atoms with E-state index in [1.54, 1.807) is 0 Å². The van der Waals surface area contributed by atoms with Gasteiger partial charge in [0, 0.05) is 23.2 Å². The molecule has 0 amide bonds. The number of rotatable bonds is 3. The van der Waals surface area contributed by atoms with Gasteiger partial charge >= 0.3 is 0 Å². The lowest BCUT2D eigenvalue weighted by atomic mass is 10.2. The van der Waals surface area contributed by atoms with Gasteiger partial charge in [0.2, 0.25) is 0 Å². The molecule has 0 unspecified atom stereocenters. The molecule has 0 spiro atoms. The van der Waals surface area contributed by atoms with Crippen LogP contribution in [0.2, 0.25) is 5.02 Å². The topological polar surface area (TPSA) is 12.0 Å². The van der Waals surface area contributed by atoms with E-state index in [-0.39, 0.29) is 23.2 Å². The maximum atomic E-state index is 13.5. The van der Waals surface area contributed by atoms with Crippen molar-refractivity contribution in [2.24, 2.45) is 0 Å². The number of hydrogen-bond donors (Lipinski definition) is 1. The van der Waals surface area contributed by atoms with Crippen molar-refractivity contribution < 1.29 is 22.0 Å². The van der Waals surface area contributed by atoms with Crippen LogP contribution in [-0.4, -0.2) is 0 Å². The molecule has 0 heterocycles. The zero-order valence-corrected chi connectivity index (χ0v) is 10.5. The van der Waals surface area contributed by atoms with Gasteiger partial charge in [-0.3, -0.25) is 0 Å². The van der Waals surface area contributed by atoms with E-state index < -0.39 is 34.8 Å². The standard InChI is InChI=1S/C13H7ClF5N/c14-7-2-1-6(8(15)3-7)5-20-13-11(18)9(16)4-10(17)12(13)19/h1-4,20H,5H2. The molecule has 2 aromatic carbocycles. The van der Waals surface area contributed by atoms with Gasteiger partial charge in [0.25, 0.3) is 0 Å². The maximum Gasteiger partial charge on any atom is 0.185 e. The van der Waals surface area contributed by atoms with Crippen molar-refractivity contribution in [2.45, 2.75) is 6.54 Å². The molecule has 20 heavy (non-hydrogen) atoms. The van der Waals surface area contributed by atoms with Gasteiger partial charge in [-0.15, -0.1) is 0 Å². The average molecular weight is 308 g/mol. The van der Waals surface area contributed by atoms with Gasteiger partial charge in [0.05, 0.1) is 0 Å². The predicted octanol–water partition coefficient (Wildman–Crippen LogP) is 4.65. The minimum atomic E-state index is -1.57. The number of halogens is 6.